The molecular weight excluding hydrogens is 388 g/mol. The summed E-state index contributed by atoms with van der Waals surface area (Å²) in [5.41, 5.74) is 6.29. The summed E-state index contributed by atoms with van der Waals surface area (Å²) in [6, 6.07) is 19.4. The van der Waals surface area contributed by atoms with Crippen LogP contribution in [0.5, 0.6) is 0 Å². The van der Waals surface area contributed by atoms with Gasteiger partial charge in [-0.15, -0.1) is 0 Å². The molecule has 3 aromatic rings. The van der Waals surface area contributed by atoms with Crippen LogP contribution in [0.15, 0.2) is 59.8 Å². The Labute approximate surface area is 184 Å². The molecule has 4 nitrogen and oxygen atoms in total. The molecule has 1 aromatic heterocycles. The van der Waals surface area contributed by atoms with Gasteiger partial charge in [0.15, 0.2) is 5.16 Å². The Kier molecular flexibility index (Phi) is 6.11. The van der Waals surface area contributed by atoms with Gasteiger partial charge in [-0.25, -0.2) is 9.97 Å². The first-order valence-corrected chi connectivity index (χ1v) is 11.7. The van der Waals surface area contributed by atoms with Gasteiger partial charge < -0.3 is 5.32 Å². The van der Waals surface area contributed by atoms with Crippen molar-refractivity contribution < 1.29 is 0 Å². The average molecular weight is 419 g/mol. The van der Waals surface area contributed by atoms with Gasteiger partial charge in [-0.3, -0.25) is 4.90 Å². The molecule has 0 saturated carbocycles. The minimum absolute atomic E-state index is 0.154. The zero-order valence-electron chi connectivity index (χ0n) is 18.3. The molecule has 0 bridgehead atoms. The molecule has 0 unspecified atom stereocenters. The van der Waals surface area contributed by atoms with Crippen molar-refractivity contribution in [2.75, 3.05) is 18.1 Å². The Morgan fingerprint density at radius 2 is 1.73 bits per heavy atom. The number of fused-ring (bicyclic) bond motifs is 1. The molecule has 1 N–H and O–H groups in total. The van der Waals surface area contributed by atoms with Crippen LogP contribution in [0.4, 0.5) is 11.5 Å². The van der Waals surface area contributed by atoms with Gasteiger partial charge in [0.2, 0.25) is 0 Å². The third-order valence-corrected chi connectivity index (χ3v) is 6.12. The fourth-order valence-electron chi connectivity index (χ4n) is 3.82. The Morgan fingerprint density at radius 1 is 1.00 bits per heavy atom. The fraction of sp³-hybridized carbons (Fsp3) is 0.360. The average Bonchev–Trinajstić information content (AvgIpc) is 2.74. The standard InChI is InChI=1S/C25H30N4S/c1-25(2,3)19-10-12-20(13-11-19)26-23-21-14-15-29(16-18-8-6-5-7-9-18)17-22(21)27-24(28-23)30-4/h5-13H,14-17H2,1-4H3,(H,26,27,28). The van der Waals surface area contributed by atoms with E-state index in [0.29, 0.717) is 0 Å². The van der Waals surface area contributed by atoms with E-state index in [4.69, 9.17) is 9.97 Å². The van der Waals surface area contributed by atoms with Crippen molar-refractivity contribution in [3.05, 3.63) is 77.0 Å². The molecule has 0 amide bonds. The molecule has 0 spiro atoms. The maximum atomic E-state index is 4.84. The summed E-state index contributed by atoms with van der Waals surface area (Å²) >= 11 is 1.60. The van der Waals surface area contributed by atoms with E-state index in [-0.39, 0.29) is 5.41 Å². The molecule has 0 saturated heterocycles. The van der Waals surface area contributed by atoms with Gasteiger partial charge in [0, 0.05) is 30.9 Å². The smallest absolute Gasteiger partial charge is 0.189 e. The molecule has 0 fully saturated rings. The number of hydrogen-bond acceptors (Lipinski definition) is 5. The first-order chi connectivity index (χ1) is 14.4. The van der Waals surface area contributed by atoms with Crippen molar-refractivity contribution >= 4 is 23.3 Å². The quantitative estimate of drug-likeness (QED) is 0.419. The summed E-state index contributed by atoms with van der Waals surface area (Å²) in [6.07, 6.45) is 2.99. The third-order valence-electron chi connectivity index (χ3n) is 5.57. The first-order valence-electron chi connectivity index (χ1n) is 10.5. The van der Waals surface area contributed by atoms with Crippen molar-refractivity contribution in [1.82, 2.24) is 14.9 Å². The lowest BCUT2D eigenvalue weighted by Gasteiger charge is -2.29. The number of nitrogens with one attached hydrogen (secondary N) is 1. The van der Waals surface area contributed by atoms with Gasteiger partial charge in [0.25, 0.3) is 0 Å². The van der Waals surface area contributed by atoms with Crippen LogP contribution < -0.4 is 5.32 Å². The van der Waals surface area contributed by atoms with Crippen LogP contribution in [0.1, 0.15) is 43.2 Å². The van der Waals surface area contributed by atoms with E-state index < -0.39 is 0 Å². The number of benzene rings is 2. The van der Waals surface area contributed by atoms with Gasteiger partial charge in [-0.1, -0.05) is 75.0 Å². The molecule has 2 heterocycles. The second-order valence-corrected chi connectivity index (χ2v) is 9.66. The molecule has 0 aliphatic carbocycles. The predicted octanol–water partition coefficient (Wildman–Crippen LogP) is 5.80. The van der Waals surface area contributed by atoms with E-state index in [1.54, 1.807) is 11.8 Å². The maximum absolute atomic E-state index is 4.84. The highest BCUT2D eigenvalue weighted by Crippen LogP contribution is 2.30. The van der Waals surface area contributed by atoms with E-state index in [9.17, 15) is 0 Å². The lowest BCUT2D eigenvalue weighted by atomic mass is 9.87. The summed E-state index contributed by atoms with van der Waals surface area (Å²) in [4.78, 5) is 12.1. The fourth-order valence-corrected chi connectivity index (χ4v) is 4.21. The second-order valence-electron chi connectivity index (χ2n) is 8.88. The number of nitrogens with zero attached hydrogens (tertiary/aromatic N) is 3. The van der Waals surface area contributed by atoms with Crippen molar-refractivity contribution in [2.45, 2.75) is 50.9 Å². The Hall–Kier alpha value is -2.37. The Balaban J connectivity index is 1.56. The number of aromatic nitrogens is 2. The van der Waals surface area contributed by atoms with E-state index in [0.717, 1.165) is 48.4 Å². The van der Waals surface area contributed by atoms with Gasteiger partial charge >= 0.3 is 0 Å². The van der Waals surface area contributed by atoms with Crippen LogP contribution in [0, 0.1) is 0 Å². The topological polar surface area (TPSA) is 41.1 Å². The van der Waals surface area contributed by atoms with Crippen LogP contribution >= 0.6 is 11.8 Å². The summed E-state index contributed by atoms with van der Waals surface area (Å²) in [5, 5.41) is 4.39. The van der Waals surface area contributed by atoms with Crippen LogP contribution in [-0.2, 0) is 24.9 Å². The lowest BCUT2D eigenvalue weighted by Crippen LogP contribution is -2.31. The van der Waals surface area contributed by atoms with Crippen molar-refractivity contribution in [2.24, 2.45) is 0 Å². The number of rotatable bonds is 5. The van der Waals surface area contributed by atoms with Crippen molar-refractivity contribution in [1.29, 1.82) is 0 Å². The van der Waals surface area contributed by atoms with Gasteiger partial charge in [-0.05, 0) is 41.4 Å². The highest BCUT2D eigenvalue weighted by atomic mass is 32.2. The third kappa shape index (κ3) is 4.85. The SMILES string of the molecule is CSc1nc2c(c(Nc3ccc(C(C)(C)C)cc3)n1)CCN(Cc1ccccc1)C2. The number of anilines is 2. The molecular formula is C25H30N4S. The Morgan fingerprint density at radius 3 is 2.40 bits per heavy atom. The lowest BCUT2D eigenvalue weighted by molar-refractivity contribution is 0.240. The molecule has 0 atom stereocenters. The van der Waals surface area contributed by atoms with E-state index in [1.807, 2.05) is 6.26 Å². The summed E-state index contributed by atoms with van der Waals surface area (Å²) < 4.78 is 0. The maximum Gasteiger partial charge on any atom is 0.189 e. The number of hydrogen-bond donors (Lipinski definition) is 1. The largest absolute Gasteiger partial charge is 0.340 e. The minimum atomic E-state index is 0.154. The molecule has 1 aliphatic heterocycles. The van der Waals surface area contributed by atoms with Gasteiger partial charge in [0.05, 0.1) is 5.69 Å². The van der Waals surface area contributed by atoms with Gasteiger partial charge in [0.1, 0.15) is 5.82 Å². The van der Waals surface area contributed by atoms with Gasteiger partial charge in [-0.2, -0.15) is 0 Å². The highest BCUT2D eigenvalue weighted by Gasteiger charge is 2.23. The minimum Gasteiger partial charge on any atom is -0.340 e. The van der Waals surface area contributed by atoms with Crippen LogP contribution in [-0.4, -0.2) is 27.7 Å². The van der Waals surface area contributed by atoms with E-state index in [1.165, 1.54) is 16.7 Å². The van der Waals surface area contributed by atoms with Crippen LogP contribution in [0.25, 0.3) is 0 Å². The van der Waals surface area contributed by atoms with Crippen LogP contribution in [0.3, 0.4) is 0 Å². The highest BCUT2D eigenvalue weighted by molar-refractivity contribution is 7.98. The number of thioether (sulfide) groups is 1. The first kappa shape index (κ1) is 20.9. The Bertz CT molecular complexity index is 994. The molecule has 30 heavy (non-hydrogen) atoms. The summed E-state index contributed by atoms with van der Waals surface area (Å²) in [5.74, 6) is 0.951. The van der Waals surface area contributed by atoms with Crippen LogP contribution in [0.2, 0.25) is 0 Å². The monoisotopic (exact) mass is 418 g/mol. The molecule has 1 aliphatic rings. The van der Waals surface area contributed by atoms with Crippen molar-refractivity contribution in [3.63, 3.8) is 0 Å². The molecule has 156 valence electrons. The van der Waals surface area contributed by atoms with E-state index in [2.05, 4.69) is 85.6 Å². The zero-order chi connectivity index (χ0) is 21.1. The van der Waals surface area contributed by atoms with Crippen molar-refractivity contribution in [3.8, 4) is 0 Å². The molecule has 4 rings (SSSR count). The zero-order valence-corrected chi connectivity index (χ0v) is 19.1. The summed E-state index contributed by atoms with van der Waals surface area (Å²) in [7, 11) is 0. The predicted molar refractivity (Wildman–Crippen MR) is 126 cm³/mol. The molecule has 2 aromatic carbocycles. The van der Waals surface area contributed by atoms with E-state index >= 15 is 0 Å². The summed E-state index contributed by atoms with van der Waals surface area (Å²) in [6.45, 7) is 9.54. The normalized spacial score (nSPS) is 14.4. The molecule has 0 radical (unpaired) electrons. The molecule has 5 heteroatoms. The second kappa shape index (κ2) is 8.78.